The van der Waals surface area contributed by atoms with Crippen molar-refractivity contribution in [2.45, 2.75) is 13.5 Å². The average Bonchev–Trinajstić information content (AvgIpc) is 2.66. The molecular weight excluding hydrogens is 344 g/mol. The zero-order chi connectivity index (χ0) is 19.4. The van der Waals surface area contributed by atoms with Crippen LogP contribution in [0.2, 0.25) is 0 Å². The van der Waals surface area contributed by atoms with Crippen LogP contribution in [-0.4, -0.2) is 16.1 Å². The summed E-state index contributed by atoms with van der Waals surface area (Å²) in [6, 6.07) is 17.5. The van der Waals surface area contributed by atoms with Crippen LogP contribution in [-0.2, 0) is 6.61 Å². The molecule has 0 atom stereocenters. The molecule has 1 heterocycles. The van der Waals surface area contributed by atoms with Gasteiger partial charge >= 0.3 is 5.97 Å². The monoisotopic (exact) mass is 360 g/mol. The minimum atomic E-state index is -1.15. The summed E-state index contributed by atoms with van der Waals surface area (Å²) in [5, 5.41) is 18.8. The van der Waals surface area contributed by atoms with E-state index in [9.17, 15) is 20.0 Å². The minimum Gasteiger partial charge on any atom is -0.488 e. The molecule has 0 saturated heterocycles. The molecule has 0 spiro atoms. The fourth-order valence-corrected chi connectivity index (χ4v) is 2.75. The minimum absolute atomic E-state index is 0.0368. The summed E-state index contributed by atoms with van der Waals surface area (Å²) in [5.74, 6) is -0.935. The molecule has 0 amide bonds. The zero-order valence-corrected chi connectivity index (χ0v) is 14.5. The number of nitriles is 1. The van der Waals surface area contributed by atoms with Gasteiger partial charge in [0.05, 0.1) is 0 Å². The predicted molar refractivity (Wildman–Crippen MR) is 99.7 cm³/mol. The lowest BCUT2D eigenvalue weighted by Crippen LogP contribution is -2.13. The molecule has 2 aromatic carbocycles. The van der Waals surface area contributed by atoms with Crippen molar-refractivity contribution in [1.29, 1.82) is 5.26 Å². The van der Waals surface area contributed by atoms with Crippen molar-refractivity contribution in [1.82, 2.24) is 4.98 Å². The molecule has 0 bridgehead atoms. The summed E-state index contributed by atoms with van der Waals surface area (Å²) in [7, 11) is 0. The molecular formula is C21H16N2O4. The van der Waals surface area contributed by atoms with Crippen LogP contribution in [0.5, 0.6) is 5.75 Å². The van der Waals surface area contributed by atoms with E-state index < -0.39 is 11.5 Å². The van der Waals surface area contributed by atoms with Gasteiger partial charge in [0.1, 0.15) is 29.6 Å². The molecule has 27 heavy (non-hydrogen) atoms. The molecule has 0 fully saturated rings. The molecule has 6 nitrogen and oxygen atoms in total. The van der Waals surface area contributed by atoms with E-state index in [0.717, 1.165) is 5.56 Å². The van der Waals surface area contributed by atoms with Crippen molar-refractivity contribution in [2.24, 2.45) is 0 Å². The first kappa shape index (κ1) is 18.0. The molecule has 6 heteroatoms. The Balaban J connectivity index is 2.01. The number of nitrogens with zero attached hydrogens (tertiary/aromatic N) is 1. The number of carboxylic acids is 1. The highest BCUT2D eigenvalue weighted by molar-refractivity contribution is 5.93. The van der Waals surface area contributed by atoms with Gasteiger partial charge in [0, 0.05) is 11.3 Å². The number of nitrogens with one attached hydrogen (secondary N) is 1. The highest BCUT2D eigenvalue weighted by Gasteiger charge is 2.16. The molecule has 1 aromatic heterocycles. The van der Waals surface area contributed by atoms with E-state index in [1.54, 1.807) is 25.1 Å². The molecule has 0 unspecified atom stereocenters. The predicted octanol–water partition coefficient (Wildman–Crippen LogP) is 3.50. The Hall–Kier alpha value is -3.85. The molecule has 0 saturated carbocycles. The fourth-order valence-electron chi connectivity index (χ4n) is 2.75. The lowest BCUT2D eigenvalue weighted by molar-refractivity contribution is 0.0692. The van der Waals surface area contributed by atoms with E-state index in [0.29, 0.717) is 16.8 Å². The number of rotatable bonds is 5. The number of ether oxygens (including phenoxy) is 1. The van der Waals surface area contributed by atoms with Gasteiger partial charge in [0.2, 0.25) is 0 Å². The van der Waals surface area contributed by atoms with E-state index in [1.807, 2.05) is 36.4 Å². The van der Waals surface area contributed by atoms with Crippen molar-refractivity contribution in [3.63, 3.8) is 0 Å². The molecule has 0 aliphatic carbocycles. The molecule has 134 valence electrons. The van der Waals surface area contributed by atoms with Crippen LogP contribution in [0.15, 0.2) is 59.4 Å². The molecule has 0 aliphatic rings. The van der Waals surface area contributed by atoms with Crippen LogP contribution in [0.3, 0.4) is 0 Å². The standard InChI is InChI=1S/C21H16N2O4/c1-13-9-16(18(11-22)20(24)23-13)15-7-8-19(17(10-15)21(25)26)27-12-14-5-3-2-4-6-14/h2-10H,12H2,1H3,(H,23,24)(H,25,26). The lowest BCUT2D eigenvalue weighted by atomic mass is 9.98. The van der Waals surface area contributed by atoms with Gasteiger partial charge in [0.25, 0.3) is 5.56 Å². The third-order valence-electron chi connectivity index (χ3n) is 4.04. The van der Waals surface area contributed by atoms with Gasteiger partial charge in [-0.3, -0.25) is 4.79 Å². The first-order valence-corrected chi connectivity index (χ1v) is 8.18. The lowest BCUT2D eigenvalue weighted by Gasteiger charge is -2.12. The summed E-state index contributed by atoms with van der Waals surface area (Å²) in [5.41, 5.74) is 1.74. The number of hydrogen-bond donors (Lipinski definition) is 2. The van der Waals surface area contributed by atoms with Crippen molar-refractivity contribution < 1.29 is 14.6 Å². The first-order valence-electron chi connectivity index (χ1n) is 8.18. The normalized spacial score (nSPS) is 10.2. The number of carbonyl (C=O) groups is 1. The van der Waals surface area contributed by atoms with Crippen LogP contribution in [0.1, 0.15) is 27.2 Å². The van der Waals surface area contributed by atoms with Crippen molar-refractivity contribution >= 4 is 5.97 Å². The summed E-state index contributed by atoms with van der Waals surface area (Å²) in [4.78, 5) is 26.3. The Bertz CT molecular complexity index is 1100. The summed E-state index contributed by atoms with van der Waals surface area (Å²) in [6.07, 6.45) is 0. The number of aryl methyl sites for hydroxylation is 1. The second-order valence-corrected chi connectivity index (χ2v) is 5.97. The molecule has 0 radical (unpaired) electrons. The number of hydrogen-bond acceptors (Lipinski definition) is 4. The van der Waals surface area contributed by atoms with Gasteiger partial charge in [-0.15, -0.1) is 0 Å². The van der Waals surface area contributed by atoms with Crippen LogP contribution in [0.25, 0.3) is 11.1 Å². The maximum Gasteiger partial charge on any atom is 0.339 e. The number of benzene rings is 2. The summed E-state index contributed by atoms with van der Waals surface area (Å²) < 4.78 is 5.67. The molecule has 3 rings (SSSR count). The van der Waals surface area contributed by atoms with Crippen LogP contribution in [0.4, 0.5) is 0 Å². The van der Waals surface area contributed by atoms with Crippen molar-refractivity contribution in [3.05, 3.63) is 87.3 Å². The third-order valence-corrected chi connectivity index (χ3v) is 4.04. The van der Waals surface area contributed by atoms with Gasteiger partial charge in [-0.05, 0) is 36.2 Å². The smallest absolute Gasteiger partial charge is 0.339 e. The highest BCUT2D eigenvalue weighted by Crippen LogP contribution is 2.29. The van der Waals surface area contributed by atoms with Crippen LogP contribution < -0.4 is 10.3 Å². The molecule has 2 N–H and O–H groups in total. The third kappa shape index (κ3) is 3.88. The van der Waals surface area contributed by atoms with Gasteiger partial charge in [-0.2, -0.15) is 5.26 Å². The van der Waals surface area contributed by atoms with E-state index in [4.69, 9.17) is 4.74 Å². The van der Waals surface area contributed by atoms with Gasteiger partial charge < -0.3 is 14.8 Å². The van der Waals surface area contributed by atoms with E-state index >= 15 is 0 Å². The van der Waals surface area contributed by atoms with Crippen molar-refractivity contribution in [3.8, 4) is 22.9 Å². The summed E-state index contributed by atoms with van der Waals surface area (Å²) >= 11 is 0. The number of aromatic amines is 1. The SMILES string of the molecule is Cc1cc(-c2ccc(OCc3ccccc3)c(C(=O)O)c2)c(C#N)c(=O)[nH]1. The maximum atomic E-state index is 12.0. The maximum absolute atomic E-state index is 12.0. The highest BCUT2D eigenvalue weighted by atomic mass is 16.5. The van der Waals surface area contributed by atoms with Gasteiger partial charge in [-0.25, -0.2) is 4.79 Å². The number of aromatic nitrogens is 1. The largest absolute Gasteiger partial charge is 0.488 e. The van der Waals surface area contributed by atoms with E-state index in [2.05, 4.69) is 4.98 Å². The Morgan fingerprint density at radius 2 is 1.93 bits per heavy atom. The van der Waals surface area contributed by atoms with Gasteiger partial charge in [-0.1, -0.05) is 36.4 Å². The fraction of sp³-hybridized carbons (Fsp3) is 0.0952. The number of pyridine rings is 1. The first-order chi connectivity index (χ1) is 13.0. The Morgan fingerprint density at radius 3 is 2.59 bits per heavy atom. The number of carboxylic acid groups (broad SMARTS) is 1. The topological polar surface area (TPSA) is 103 Å². The van der Waals surface area contributed by atoms with Crippen LogP contribution in [0, 0.1) is 18.3 Å². The Morgan fingerprint density at radius 1 is 1.19 bits per heavy atom. The number of H-pyrrole nitrogens is 1. The Labute approximate surface area is 155 Å². The van der Waals surface area contributed by atoms with Crippen LogP contribution >= 0.6 is 0 Å². The average molecular weight is 360 g/mol. The van der Waals surface area contributed by atoms with E-state index in [-0.39, 0.29) is 23.5 Å². The molecule has 3 aromatic rings. The second kappa shape index (κ2) is 7.58. The molecule has 0 aliphatic heterocycles. The quantitative estimate of drug-likeness (QED) is 0.725. The van der Waals surface area contributed by atoms with Crippen molar-refractivity contribution in [2.75, 3.05) is 0 Å². The number of aromatic carboxylic acids is 1. The summed E-state index contributed by atoms with van der Waals surface area (Å²) in [6.45, 7) is 1.93. The van der Waals surface area contributed by atoms with E-state index in [1.165, 1.54) is 6.07 Å². The second-order valence-electron chi connectivity index (χ2n) is 5.97. The zero-order valence-electron chi connectivity index (χ0n) is 14.5. The van der Waals surface area contributed by atoms with Gasteiger partial charge in [0.15, 0.2) is 0 Å². The Kier molecular flexibility index (Phi) is 5.04.